The monoisotopic (exact) mass is 766 g/mol. The van der Waals surface area contributed by atoms with Crippen LogP contribution in [0.25, 0.3) is 78.1 Å². The molecule has 6 nitrogen and oxygen atoms in total. The summed E-state index contributed by atoms with van der Waals surface area (Å²) in [5.41, 5.74) is 18.9. The predicted molar refractivity (Wildman–Crippen MR) is 237 cm³/mol. The van der Waals surface area contributed by atoms with Crippen LogP contribution in [0.2, 0.25) is 0 Å². The van der Waals surface area contributed by atoms with Gasteiger partial charge in [-0.05, 0) is 127 Å². The van der Waals surface area contributed by atoms with E-state index >= 15 is 0 Å². The first-order valence-electron chi connectivity index (χ1n) is 20.2. The number of nitrogens with zero attached hydrogens (tertiary/aromatic N) is 6. The highest BCUT2D eigenvalue weighted by Crippen LogP contribution is 2.65. The molecule has 4 aromatic heterocycles. The molecule has 0 radical (unpaired) electrons. The molecule has 6 heteroatoms. The average Bonchev–Trinajstić information content (AvgIpc) is 3.78. The fourth-order valence-electron chi connectivity index (χ4n) is 9.75. The van der Waals surface area contributed by atoms with Crippen LogP contribution in [0.5, 0.6) is 0 Å². The van der Waals surface area contributed by atoms with Crippen molar-refractivity contribution >= 4 is 10.8 Å². The van der Waals surface area contributed by atoms with E-state index in [-0.39, 0.29) is 0 Å². The molecule has 11 rings (SSSR count). The molecule has 2 aliphatic rings. The summed E-state index contributed by atoms with van der Waals surface area (Å²) in [7, 11) is 0. The molecule has 5 aromatic carbocycles. The number of hydrogen-bond acceptors (Lipinski definition) is 6. The van der Waals surface area contributed by atoms with Gasteiger partial charge in [-0.15, -0.1) is 0 Å². The minimum atomic E-state index is -0.597. The number of fused-ring (bicyclic) bond motifs is 12. The summed E-state index contributed by atoms with van der Waals surface area (Å²) in [6.07, 6.45) is 9.15. The smallest absolute Gasteiger partial charge is 0.0992 e. The highest BCUT2D eigenvalue weighted by molar-refractivity contribution is 6.12. The molecule has 0 fully saturated rings. The maximum Gasteiger partial charge on any atom is 0.0992 e. The Labute approximate surface area is 347 Å². The third-order valence-corrected chi connectivity index (χ3v) is 12.3. The van der Waals surface area contributed by atoms with Gasteiger partial charge in [-0.25, -0.2) is 0 Å². The SMILES string of the molecule is CCCc1cccc2c(-c3ccc(-c4cc(C#N)ccn4)nc3)cc3c(c12)-c1ccc(-c2ccc(-c4cc(C#N)ccn4)nc2)cc1C31c2ccccc2-c2ccccc21. The van der Waals surface area contributed by atoms with Gasteiger partial charge in [0.15, 0.2) is 0 Å². The van der Waals surface area contributed by atoms with Crippen molar-refractivity contribution in [1.29, 1.82) is 10.5 Å². The van der Waals surface area contributed by atoms with Crippen LogP contribution in [-0.4, -0.2) is 19.9 Å². The molecule has 0 N–H and O–H groups in total. The van der Waals surface area contributed by atoms with Gasteiger partial charge in [-0.3, -0.25) is 19.9 Å². The molecule has 0 aliphatic heterocycles. The van der Waals surface area contributed by atoms with Crippen molar-refractivity contribution in [3.63, 3.8) is 0 Å². The Balaban J connectivity index is 1.17. The number of aryl methyl sites for hydroxylation is 1. The van der Waals surface area contributed by atoms with Gasteiger partial charge in [-0.1, -0.05) is 104 Å². The highest BCUT2D eigenvalue weighted by atomic mass is 14.8. The van der Waals surface area contributed by atoms with Gasteiger partial charge in [-0.2, -0.15) is 10.5 Å². The van der Waals surface area contributed by atoms with Gasteiger partial charge in [0.05, 0.1) is 51.5 Å². The Kier molecular flexibility index (Phi) is 8.08. The summed E-state index contributed by atoms with van der Waals surface area (Å²) in [5.74, 6) is 0. The zero-order valence-corrected chi connectivity index (χ0v) is 32.7. The molecule has 280 valence electrons. The molecule has 4 heterocycles. The molecule has 0 saturated heterocycles. The number of aromatic nitrogens is 4. The van der Waals surface area contributed by atoms with Crippen molar-refractivity contribution in [2.45, 2.75) is 25.2 Å². The van der Waals surface area contributed by atoms with Gasteiger partial charge in [0, 0.05) is 35.9 Å². The summed E-state index contributed by atoms with van der Waals surface area (Å²) in [4.78, 5) is 18.8. The second kappa shape index (κ2) is 13.8. The normalized spacial score (nSPS) is 12.7. The molecule has 1 spiro atoms. The van der Waals surface area contributed by atoms with Crippen LogP contribution in [0, 0.1) is 22.7 Å². The summed E-state index contributed by atoms with van der Waals surface area (Å²) >= 11 is 0. The molecule has 0 unspecified atom stereocenters. The van der Waals surface area contributed by atoms with E-state index in [2.05, 4.69) is 132 Å². The van der Waals surface area contributed by atoms with Crippen molar-refractivity contribution in [3.05, 3.63) is 203 Å². The number of hydrogen-bond donors (Lipinski definition) is 0. The molecule has 0 saturated carbocycles. The Morgan fingerprint density at radius 3 is 1.70 bits per heavy atom. The summed E-state index contributed by atoms with van der Waals surface area (Å²) in [6, 6.07) is 53.6. The van der Waals surface area contributed by atoms with Crippen molar-refractivity contribution in [2.75, 3.05) is 0 Å². The first-order chi connectivity index (χ1) is 29.6. The van der Waals surface area contributed by atoms with E-state index in [0.717, 1.165) is 46.5 Å². The Hall–Kier alpha value is -8.06. The van der Waals surface area contributed by atoms with Crippen LogP contribution in [0.15, 0.2) is 164 Å². The van der Waals surface area contributed by atoms with E-state index in [1.807, 2.05) is 24.5 Å². The minimum Gasteiger partial charge on any atom is -0.255 e. The zero-order valence-electron chi connectivity index (χ0n) is 32.7. The highest BCUT2D eigenvalue weighted by Gasteiger charge is 2.52. The molecular weight excluding hydrogens is 733 g/mol. The first-order valence-corrected chi connectivity index (χ1v) is 20.2. The quantitative estimate of drug-likeness (QED) is 0.167. The lowest BCUT2D eigenvalue weighted by Gasteiger charge is -2.31. The fourth-order valence-corrected chi connectivity index (χ4v) is 9.75. The lowest BCUT2D eigenvalue weighted by molar-refractivity contribution is 0.795. The van der Waals surface area contributed by atoms with Gasteiger partial charge in [0.2, 0.25) is 0 Å². The van der Waals surface area contributed by atoms with E-state index < -0.39 is 5.41 Å². The van der Waals surface area contributed by atoms with Crippen LogP contribution in [-0.2, 0) is 11.8 Å². The van der Waals surface area contributed by atoms with E-state index in [1.165, 1.54) is 60.8 Å². The van der Waals surface area contributed by atoms with Crippen LogP contribution in [0.1, 0.15) is 52.3 Å². The molecule has 0 atom stereocenters. The van der Waals surface area contributed by atoms with Gasteiger partial charge >= 0.3 is 0 Å². The van der Waals surface area contributed by atoms with Gasteiger partial charge in [0.1, 0.15) is 0 Å². The van der Waals surface area contributed by atoms with Crippen LogP contribution in [0.3, 0.4) is 0 Å². The topological polar surface area (TPSA) is 99.1 Å². The number of pyridine rings is 4. The molecule has 2 aliphatic carbocycles. The maximum atomic E-state index is 9.54. The standard InChI is InChI=1S/C54H34N6/c1-2-8-35-9-7-12-41-43(38-17-20-49(60-32-38)51-26-34(30-56)22-24-58-51)28-47-53(52(35)41)42-18-15-36(37-16-19-48(59-31-37)50-25-33(29-55)21-23-57-50)27-46(42)54(47)44-13-5-3-10-39(44)40-11-4-6-14-45(40)54/h3-7,9-28,31-32H,2,8H2,1H3. The zero-order chi connectivity index (χ0) is 40.4. The minimum absolute atomic E-state index is 0.553. The third-order valence-electron chi connectivity index (χ3n) is 12.3. The van der Waals surface area contributed by atoms with Crippen LogP contribution >= 0.6 is 0 Å². The maximum absolute atomic E-state index is 9.54. The van der Waals surface area contributed by atoms with Crippen molar-refractivity contribution in [3.8, 4) is 79.4 Å². The van der Waals surface area contributed by atoms with Crippen molar-refractivity contribution < 1.29 is 0 Å². The number of nitriles is 2. The van der Waals surface area contributed by atoms with Gasteiger partial charge < -0.3 is 0 Å². The summed E-state index contributed by atoms with van der Waals surface area (Å²) in [6.45, 7) is 2.25. The van der Waals surface area contributed by atoms with E-state index in [9.17, 15) is 10.5 Å². The Bertz CT molecular complexity index is 3250. The number of rotatable bonds is 6. The lowest BCUT2D eigenvalue weighted by atomic mass is 9.69. The fraction of sp³-hybridized carbons (Fsp3) is 0.0741. The Morgan fingerprint density at radius 1 is 0.483 bits per heavy atom. The lowest BCUT2D eigenvalue weighted by Crippen LogP contribution is -2.26. The Morgan fingerprint density at radius 2 is 1.10 bits per heavy atom. The third kappa shape index (κ3) is 5.18. The average molecular weight is 767 g/mol. The van der Waals surface area contributed by atoms with E-state index in [4.69, 9.17) is 9.97 Å². The van der Waals surface area contributed by atoms with Gasteiger partial charge in [0.25, 0.3) is 0 Å². The molecule has 0 amide bonds. The second-order valence-electron chi connectivity index (χ2n) is 15.5. The van der Waals surface area contributed by atoms with Crippen LogP contribution < -0.4 is 0 Å². The number of benzene rings is 5. The van der Waals surface area contributed by atoms with Crippen LogP contribution in [0.4, 0.5) is 0 Å². The molecule has 60 heavy (non-hydrogen) atoms. The second-order valence-corrected chi connectivity index (χ2v) is 15.5. The molecule has 0 bridgehead atoms. The van der Waals surface area contributed by atoms with E-state index in [0.29, 0.717) is 22.5 Å². The summed E-state index contributed by atoms with van der Waals surface area (Å²) < 4.78 is 0. The largest absolute Gasteiger partial charge is 0.255 e. The van der Waals surface area contributed by atoms with E-state index in [1.54, 1.807) is 36.7 Å². The predicted octanol–water partition coefficient (Wildman–Crippen LogP) is 12.1. The molecule has 9 aromatic rings. The first kappa shape index (κ1) is 35.1. The van der Waals surface area contributed by atoms with Crippen molar-refractivity contribution in [1.82, 2.24) is 19.9 Å². The summed E-state index contributed by atoms with van der Waals surface area (Å²) in [5, 5.41) is 21.5. The van der Waals surface area contributed by atoms with Crippen molar-refractivity contribution in [2.24, 2.45) is 0 Å². The molecular formula is C54H34N6.